The van der Waals surface area contributed by atoms with E-state index in [0.29, 0.717) is 0 Å². The highest BCUT2D eigenvalue weighted by atomic mass is 32.1. The van der Waals surface area contributed by atoms with Gasteiger partial charge in [-0.05, 0) is 23.9 Å². The topological polar surface area (TPSA) is 27.6 Å². The number of hydrogen-bond donors (Lipinski definition) is 1. The minimum atomic E-state index is 1.02. The lowest BCUT2D eigenvalue weighted by atomic mass is 10.4. The summed E-state index contributed by atoms with van der Waals surface area (Å²) in [5.41, 5.74) is 4.59. The van der Waals surface area contributed by atoms with Crippen molar-refractivity contribution in [2.75, 3.05) is 18.6 Å². The molecule has 1 aliphatic rings. The van der Waals surface area contributed by atoms with Gasteiger partial charge in [-0.2, -0.15) is 0 Å². The van der Waals surface area contributed by atoms with Crippen LogP contribution in [0.5, 0.6) is 0 Å². The normalized spacial score (nSPS) is 19.5. The molecule has 0 amide bonds. The van der Waals surface area contributed by atoms with Crippen LogP contribution in [0.1, 0.15) is 12.0 Å². The van der Waals surface area contributed by atoms with Gasteiger partial charge in [0.25, 0.3) is 0 Å². The monoisotopic (exact) mass is 195 g/mol. The second-order valence-electron chi connectivity index (χ2n) is 3.15. The van der Waals surface area contributed by atoms with Gasteiger partial charge in [0.1, 0.15) is 10.8 Å². The van der Waals surface area contributed by atoms with Crippen molar-refractivity contribution in [3.05, 3.63) is 17.0 Å². The van der Waals surface area contributed by atoms with Crippen molar-refractivity contribution in [1.29, 1.82) is 0 Å². The summed E-state index contributed by atoms with van der Waals surface area (Å²) < 4.78 is 0. The molecule has 1 N–H and O–H groups in total. The largest absolute Gasteiger partial charge is 0.285 e. The van der Waals surface area contributed by atoms with Crippen molar-refractivity contribution in [3.63, 3.8) is 0 Å². The summed E-state index contributed by atoms with van der Waals surface area (Å²) in [6, 6.07) is 2.19. The van der Waals surface area contributed by atoms with Crippen LogP contribution in [0.4, 0.5) is 5.00 Å². The fourth-order valence-electron chi connectivity index (χ4n) is 1.37. The molecule has 70 valence electrons. The number of rotatable bonds is 1. The molecule has 0 aliphatic carbocycles. The molecule has 13 heavy (non-hydrogen) atoms. The second-order valence-corrected chi connectivity index (χ2v) is 4.04. The molecule has 0 radical (unpaired) electrons. The average Bonchev–Trinajstić information content (AvgIpc) is 2.71. The first-order valence-electron chi connectivity index (χ1n) is 4.34. The average molecular weight is 195 g/mol. The number of nitrogens with one attached hydrogen (secondary N) is 1. The van der Waals surface area contributed by atoms with Crippen LogP contribution >= 0.6 is 11.3 Å². The first-order valence-corrected chi connectivity index (χ1v) is 5.22. The lowest BCUT2D eigenvalue weighted by Gasteiger charge is -2.14. The Labute approximate surface area is 82.1 Å². The third-order valence-electron chi connectivity index (χ3n) is 2.09. The van der Waals surface area contributed by atoms with Gasteiger partial charge in [0.05, 0.1) is 0 Å². The van der Waals surface area contributed by atoms with Crippen molar-refractivity contribution in [2.45, 2.75) is 13.3 Å². The number of nitrogens with zero attached hydrogens (tertiary/aromatic N) is 2. The zero-order valence-electron chi connectivity index (χ0n) is 7.87. The summed E-state index contributed by atoms with van der Waals surface area (Å²) in [6.45, 7) is 3.14. The number of aliphatic imine (C=N–C) groups is 1. The number of anilines is 1. The van der Waals surface area contributed by atoms with Gasteiger partial charge in [-0.1, -0.05) is 0 Å². The van der Waals surface area contributed by atoms with E-state index in [0.717, 1.165) is 18.8 Å². The van der Waals surface area contributed by atoms with E-state index < -0.39 is 0 Å². The molecule has 1 saturated heterocycles. The number of hydrogen-bond acceptors (Lipinski definition) is 3. The lowest BCUT2D eigenvalue weighted by Crippen LogP contribution is -2.32. The molecule has 1 aromatic heterocycles. The van der Waals surface area contributed by atoms with Crippen LogP contribution in [0.25, 0.3) is 0 Å². The van der Waals surface area contributed by atoms with Gasteiger partial charge in [0, 0.05) is 20.0 Å². The van der Waals surface area contributed by atoms with Gasteiger partial charge in [0.2, 0.25) is 0 Å². The highest BCUT2D eigenvalue weighted by Gasteiger charge is 2.17. The fraction of sp³-hybridized carbons (Fsp3) is 0.444. The summed E-state index contributed by atoms with van der Waals surface area (Å²) in [5, 5.41) is 5.59. The van der Waals surface area contributed by atoms with E-state index in [9.17, 15) is 0 Å². The minimum Gasteiger partial charge on any atom is -0.285 e. The first kappa shape index (κ1) is 8.56. The van der Waals surface area contributed by atoms with Gasteiger partial charge < -0.3 is 0 Å². The van der Waals surface area contributed by atoms with Crippen LogP contribution in [0.3, 0.4) is 0 Å². The van der Waals surface area contributed by atoms with Crippen LogP contribution in [0.15, 0.2) is 16.4 Å². The SMILES string of the molecule is CN=C1CCN(c2cc(C)cs2)N1. The molecule has 1 fully saturated rings. The molecule has 2 rings (SSSR count). The Morgan fingerprint density at radius 1 is 1.62 bits per heavy atom. The molecule has 0 spiro atoms. The Morgan fingerprint density at radius 3 is 3.00 bits per heavy atom. The smallest absolute Gasteiger partial charge is 0.116 e. The molecule has 0 bridgehead atoms. The Kier molecular flexibility index (Phi) is 2.22. The van der Waals surface area contributed by atoms with Crippen LogP contribution < -0.4 is 10.4 Å². The van der Waals surface area contributed by atoms with E-state index in [2.05, 4.69) is 33.8 Å². The lowest BCUT2D eigenvalue weighted by molar-refractivity contribution is 0.868. The van der Waals surface area contributed by atoms with Crippen molar-refractivity contribution in [3.8, 4) is 0 Å². The van der Waals surface area contributed by atoms with E-state index in [4.69, 9.17) is 0 Å². The van der Waals surface area contributed by atoms with Gasteiger partial charge in [-0.25, -0.2) is 0 Å². The Bertz CT molecular complexity index is 329. The number of amidine groups is 1. The Hall–Kier alpha value is -1.03. The molecule has 0 unspecified atom stereocenters. The molecular formula is C9H13N3S. The van der Waals surface area contributed by atoms with E-state index in [1.165, 1.54) is 10.6 Å². The molecule has 3 nitrogen and oxygen atoms in total. The molecular weight excluding hydrogens is 182 g/mol. The third kappa shape index (κ3) is 1.67. The van der Waals surface area contributed by atoms with Crippen molar-refractivity contribution in [1.82, 2.24) is 5.43 Å². The van der Waals surface area contributed by atoms with Gasteiger partial charge in [-0.3, -0.25) is 15.4 Å². The Morgan fingerprint density at radius 2 is 2.46 bits per heavy atom. The highest BCUT2D eigenvalue weighted by Crippen LogP contribution is 2.24. The maximum Gasteiger partial charge on any atom is 0.116 e. The van der Waals surface area contributed by atoms with Crippen LogP contribution in [-0.2, 0) is 0 Å². The highest BCUT2D eigenvalue weighted by molar-refractivity contribution is 7.14. The summed E-state index contributed by atoms with van der Waals surface area (Å²) in [4.78, 5) is 4.14. The van der Waals surface area contributed by atoms with E-state index in [1.54, 1.807) is 11.3 Å². The predicted molar refractivity (Wildman–Crippen MR) is 57.5 cm³/mol. The van der Waals surface area contributed by atoms with Crippen LogP contribution in [-0.4, -0.2) is 19.4 Å². The quantitative estimate of drug-likeness (QED) is 0.740. The van der Waals surface area contributed by atoms with Crippen molar-refractivity contribution >= 4 is 22.2 Å². The molecule has 0 atom stereocenters. The molecule has 1 aromatic rings. The summed E-state index contributed by atoms with van der Waals surface area (Å²) >= 11 is 1.77. The summed E-state index contributed by atoms with van der Waals surface area (Å²) in [7, 11) is 1.82. The maximum absolute atomic E-state index is 4.14. The van der Waals surface area contributed by atoms with E-state index >= 15 is 0 Å². The van der Waals surface area contributed by atoms with Crippen LogP contribution in [0.2, 0.25) is 0 Å². The third-order valence-corrected chi connectivity index (χ3v) is 3.16. The Balaban J connectivity index is 2.12. The molecule has 0 saturated carbocycles. The summed E-state index contributed by atoms with van der Waals surface area (Å²) in [6.07, 6.45) is 1.02. The molecule has 2 heterocycles. The number of thiophene rings is 1. The molecule has 4 heteroatoms. The first-order chi connectivity index (χ1) is 6.29. The molecule has 1 aliphatic heterocycles. The van der Waals surface area contributed by atoms with E-state index in [1.807, 2.05) is 7.05 Å². The minimum absolute atomic E-state index is 1.02. The maximum atomic E-state index is 4.14. The van der Waals surface area contributed by atoms with Crippen LogP contribution in [0, 0.1) is 6.92 Å². The predicted octanol–water partition coefficient (Wildman–Crippen LogP) is 1.80. The fourth-order valence-corrected chi connectivity index (χ4v) is 2.26. The van der Waals surface area contributed by atoms with Gasteiger partial charge in [-0.15, -0.1) is 11.3 Å². The number of aryl methyl sites for hydroxylation is 1. The van der Waals surface area contributed by atoms with Gasteiger partial charge in [0.15, 0.2) is 0 Å². The second kappa shape index (κ2) is 3.38. The van der Waals surface area contributed by atoms with Crippen molar-refractivity contribution < 1.29 is 0 Å². The molecule has 0 aromatic carbocycles. The van der Waals surface area contributed by atoms with E-state index in [-0.39, 0.29) is 0 Å². The van der Waals surface area contributed by atoms with Gasteiger partial charge >= 0.3 is 0 Å². The van der Waals surface area contributed by atoms with Crippen molar-refractivity contribution in [2.24, 2.45) is 4.99 Å². The zero-order chi connectivity index (χ0) is 9.26. The zero-order valence-corrected chi connectivity index (χ0v) is 8.69. The summed E-state index contributed by atoms with van der Waals surface area (Å²) in [5.74, 6) is 1.08. The standard InChI is InChI=1S/C9H13N3S/c1-7-5-9(13-6-7)12-4-3-8(10-2)11-12/h5-6H,3-4H2,1-2H3,(H,10,11). The number of hydrazine groups is 1.